The van der Waals surface area contributed by atoms with Gasteiger partial charge in [0.1, 0.15) is 29.2 Å². The van der Waals surface area contributed by atoms with Crippen molar-refractivity contribution in [2.24, 2.45) is 11.3 Å². The summed E-state index contributed by atoms with van der Waals surface area (Å²) in [5.74, 6) is -1.58. The molecule has 7 rings (SSSR count). The van der Waals surface area contributed by atoms with E-state index >= 15 is 0 Å². The molecule has 0 spiro atoms. The molecule has 4 fully saturated rings. The Morgan fingerprint density at radius 1 is 1.02 bits per heavy atom. The summed E-state index contributed by atoms with van der Waals surface area (Å²) in [7, 11) is -2.34. The van der Waals surface area contributed by atoms with E-state index in [0.717, 1.165) is 31.2 Å². The molecule has 3 saturated carbocycles. The SMILES string of the molecule is C=C[C@@H]1C[C@]1(NC(=O)[C@@H]1C[C@@H](Oc2cc(-c3ccccc3)nc3cc(OC)ccc23)CN1C(=O)C(OC(=O)NC1CCCC1)C(C)(C)C)C(=O)NS(=O)(=O)C1CC1. The normalized spacial score (nSPS) is 24.0. The van der Waals surface area contributed by atoms with Crippen molar-refractivity contribution in [3.8, 4) is 22.8 Å². The third-order valence-corrected chi connectivity index (χ3v) is 13.2. The van der Waals surface area contributed by atoms with Gasteiger partial charge in [0, 0.05) is 46.9 Å². The van der Waals surface area contributed by atoms with Crippen molar-refractivity contribution < 1.29 is 41.8 Å². The minimum Gasteiger partial charge on any atom is -0.497 e. The molecule has 2 aromatic carbocycles. The van der Waals surface area contributed by atoms with Gasteiger partial charge in [-0.3, -0.25) is 19.1 Å². The van der Waals surface area contributed by atoms with Crippen molar-refractivity contribution >= 4 is 44.7 Å². The maximum absolute atomic E-state index is 14.7. The van der Waals surface area contributed by atoms with Crippen LogP contribution in [0.4, 0.5) is 4.79 Å². The van der Waals surface area contributed by atoms with Gasteiger partial charge in [-0.05, 0) is 44.2 Å². The topological polar surface area (TPSA) is 182 Å². The lowest BCUT2D eigenvalue weighted by Gasteiger charge is -2.34. The number of rotatable bonds is 13. The Morgan fingerprint density at radius 2 is 1.74 bits per heavy atom. The van der Waals surface area contributed by atoms with Gasteiger partial charge >= 0.3 is 6.09 Å². The molecule has 5 atom stereocenters. The Kier molecular flexibility index (Phi) is 11.0. The molecule has 4 aliphatic rings. The van der Waals surface area contributed by atoms with Crippen LogP contribution in [-0.4, -0.2) is 90.9 Å². The fourth-order valence-electron chi connectivity index (χ4n) is 7.86. The van der Waals surface area contributed by atoms with Crippen LogP contribution in [0, 0.1) is 11.3 Å². The van der Waals surface area contributed by atoms with E-state index in [0.29, 0.717) is 40.9 Å². The van der Waals surface area contributed by atoms with Gasteiger partial charge in [-0.2, -0.15) is 0 Å². The predicted octanol–water partition coefficient (Wildman–Crippen LogP) is 5.01. The molecule has 3 aliphatic carbocycles. The molecule has 15 heteroatoms. The molecule has 3 N–H and O–H groups in total. The van der Waals surface area contributed by atoms with E-state index in [1.54, 1.807) is 40.0 Å². The molecule has 0 radical (unpaired) electrons. The van der Waals surface area contributed by atoms with Gasteiger partial charge in [0.2, 0.25) is 15.9 Å². The standard InChI is InChI=1S/C42H51N5O9S/c1-6-26-23-42(26,39(50)46-57(52,53)30-17-18-30)45-37(48)34-21-29(24-47(34)38(49)36(41(2,3)4)56-40(51)43-27-14-10-11-15-27)55-35-22-32(25-12-8-7-9-13-25)44-33-20-28(54-5)16-19-31(33)35/h6-9,12-13,16,19-20,22,26-27,29-30,34,36H,1,10-11,14-15,17-18,21,23-24H2,2-5H3,(H,43,51)(H,45,48)(H,46,50)/t26-,29-,34+,36?,42-/m1/s1. The first kappa shape index (κ1) is 40.0. The number of benzene rings is 2. The number of carbonyl (C=O) groups excluding carboxylic acids is 4. The van der Waals surface area contributed by atoms with E-state index in [2.05, 4.69) is 21.9 Å². The number of likely N-dealkylation sites (tertiary alicyclic amines) is 1. The Labute approximate surface area is 333 Å². The number of aromatic nitrogens is 1. The number of pyridine rings is 1. The monoisotopic (exact) mass is 801 g/mol. The van der Waals surface area contributed by atoms with Crippen LogP contribution in [-0.2, 0) is 29.1 Å². The number of sulfonamides is 1. The minimum absolute atomic E-state index is 0.0141. The maximum Gasteiger partial charge on any atom is 0.408 e. The molecule has 304 valence electrons. The fourth-order valence-corrected chi connectivity index (χ4v) is 9.22. The first-order chi connectivity index (χ1) is 27.1. The number of ether oxygens (including phenoxy) is 3. The summed E-state index contributed by atoms with van der Waals surface area (Å²) < 4.78 is 45.8. The zero-order chi connectivity index (χ0) is 40.7. The minimum atomic E-state index is -3.91. The van der Waals surface area contributed by atoms with Gasteiger partial charge in [-0.1, -0.05) is 70.0 Å². The lowest BCUT2D eigenvalue weighted by atomic mass is 9.88. The Hall–Kier alpha value is -5.18. The molecular formula is C42H51N5O9S. The van der Waals surface area contributed by atoms with E-state index in [-0.39, 0.29) is 25.4 Å². The summed E-state index contributed by atoms with van der Waals surface area (Å²) in [6.45, 7) is 9.07. The third-order valence-electron chi connectivity index (χ3n) is 11.4. The number of hydrogen-bond acceptors (Lipinski definition) is 10. The predicted molar refractivity (Wildman–Crippen MR) is 213 cm³/mol. The largest absolute Gasteiger partial charge is 0.497 e. The molecule has 1 aliphatic heterocycles. The number of nitrogens with one attached hydrogen (secondary N) is 3. The number of alkyl carbamates (subject to hydrolysis) is 1. The lowest BCUT2D eigenvalue weighted by molar-refractivity contribution is -0.150. The van der Waals surface area contributed by atoms with E-state index in [4.69, 9.17) is 19.2 Å². The van der Waals surface area contributed by atoms with Crippen molar-refractivity contribution in [2.45, 2.75) is 107 Å². The smallest absolute Gasteiger partial charge is 0.408 e. The summed E-state index contributed by atoms with van der Waals surface area (Å²) in [5, 5.41) is 5.74. The molecular weight excluding hydrogens is 751 g/mol. The van der Waals surface area contributed by atoms with Crippen LogP contribution in [0.1, 0.15) is 72.1 Å². The summed E-state index contributed by atoms with van der Waals surface area (Å²) >= 11 is 0. The van der Waals surface area contributed by atoms with E-state index < -0.39 is 74.2 Å². The van der Waals surface area contributed by atoms with Gasteiger partial charge in [-0.15, -0.1) is 6.58 Å². The van der Waals surface area contributed by atoms with Crippen LogP contribution < -0.4 is 24.8 Å². The van der Waals surface area contributed by atoms with Crippen molar-refractivity contribution in [1.29, 1.82) is 0 Å². The van der Waals surface area contributed by atoms with E-state index in [1.807, 2.05) is 42.5 Å². The molecule has 1 aromatic heterocycles. The van der Waals surface area contributed by atoms with Crippen molar-refractivity contribution in [1.82, 2.24) is 25.2 Å². The van der Waals surface area contributed by atoms with Gasteiger partial charge < -0.3 is 29.7 Å². The average Bonchev–Trinajstić information content (AvgIpc) is 4.06. The zero-order valence-electron chi connectivity index (χ0n) is 32.8. The van der Waals surface area contributed by atoms with Crippen LogP contribution in [0.25, 0.3) is 22.2 Å². The number of methoxy groups -OCH3 is 1. The zero-order valence-corrected chi connectivity index (χ0v) is 33.6. The number of fused-ring (bicyclic) bond motifs is 1. The van der Waals surface area contributed by atoms with Crippen LogP contribution in [0.15, 0.2) is 67.3 Å². The van der Waals surface area contributed by atoms with E-state index in [9.17, 15) is 27.6 Å². The van der Waals surface area contributed by atoms with Gasteiger partial charge in [0.25, 0.3) is 11.8 Å². The molecule has 57 heavy (non-hydrogen) atoms. The van der Waals surface area contributed by atoms with Crippen LogP contribution in [0.2, 0.25) is 0 Å². The third kappa shape index (κ3) is 8.58. The maximum atomic E-state index is 14.7. The van der Waals surface area contributed by atoms with Crippen LogP contribution in [0.5, 0.6) is 11.5 Å². The fraction of sp³-hybridized carbons (Fsp3) is 0.500. The Morgan fingerprint density at radius 3 is 2.37 bits per heavy atom. The lowest BCUT2D eigenvalue weighted by Crippen LogP contribution is -2.58. The summed E-state index contributed by atoms with van der Waals surface area (Å²) in [6, 6.07) is 15.6. The molecule has 0 bridgehead atoms. The highest BCUT2D eigenvalue weighted by Gasteiger charge is 2.62. The molecule has 1 unspecified atom stereocenters. The number of nitrogens with zero attached hydrogens (tertiary/aromatic N) is 2. The Balaban J connectivity index is 1.20. The van der Waals surface area contributed by atoms with Crippen molar-refractivity contribution in [3.63, 3.8) is 0 Å². The number of hydrogen-bond donors (Lipinski definition) is 3. The highest BCUT2D eigenvalue weighted by Crippen LogP contribution is 2.46. The Bertz CT molecular complexity index is 2160. The van der Waals surface area contributed by atoms with Gasteiger partial charge in [0.15, 0.2) is 6.10 Å². The molecule has 4 amide bonds. The van der Waals surface area contributed by atoms with Crippen molar-refractivity contribution in [2.75, 3.05) is 13.7 Å². The number of carbonyl (C=O) groups is 4. The highest BCUT2D eigenvalue weighted by atomic mass is 32.2. The molecule has 3 aromatic rings. The second-order valence-corrected chi connectivity index (χ2v) is 18.7. The van der Waals surface area contributed by atoms with Gasteiger partial charge in [-0.25, -0.2) is 18.2 Å². The summed E-state index contributed by atoms with van der Waals surface area (Å²) in [6.07, 6.45) is 3.46. The molecule has 14 nitrogen and oxygen atoms in total. The second-order valence-electron chi connectivity index (χ2n) is 16.7. The van der Waals surface area contributed by atoms with Crippen molar-refractivity contribution in [3.05, 3.63) is 67.3 Å². The first-order valence-corrected chi connectivity index (χ1v) is 21.2. The van der Waals surface area contributed by atoms with Crippen LogP contribution in [0.3, 0.4) is 0 Å². The average molecular weight is 802 g/mol. The molecule has 2 heterocycles. The highest BCUT2D eigenvalue weighted by molar-refractivity contribution is 7.91. The molecule has 1 saturated heterocycles. The second kappa shape index (κ2) is 15.6. The first-order valence-electron chi connectivity index (χ1n) is 19.6. The summed E-state index contributed by atoms with van der Waals surface area (Å²) in [5.41, 5.74) is -0.349. The van der Waals surface area contributed by atoms with Gasteiger partial charge in [0.05, 0.1) is 30.1 Å². The number of amides is 4. The van der Waals surface area contributed by atoms with Crippen LogP contribution >= 0.6 is 0 Å². The quantitative estimate of drug-likeness (QED) is 0.199. The summed E-state index contributed by atoms with van der Waals surface area (Å²) in [4.78, 5) is 62.2. The van der Waals surface area contributed by atoms with E-state index in [1.165, 1.54) is 11.0 Å².